The normalized spacial score (nSPS) is 15.3. The Kier molecular flexibility index (Phi) is 2.74. The highest BCUT2D eigenvalue weighted by Crippen LogP contribution is 2.42. The summed E-state index contributed by atoms with van der Waals surface area (Å²) in [4.78, 5) is 12.1. The number of rotatable bonds is 3. The molecular weight excluding hydrogens is 208 g/mol. The maximum absolute atomic E-state index is 11.0. The van der Waals surface area contributed by atoms with Gasteiger partial charge in [-0.25, -0.2) is 4.79 Å². The summed E-state index contributed by atoms with van der Waals surface area (Å²) in [5.74, 6) is -0.829. The predicted molar refractivity (Wildman–Crippen MR) is 61.8 cm³/mol. The third-order valence-electron chi connectivity index (χ3n) is 2.64. The van der Waals surface area contributed by atoms with Crippen molar-refractivity contribution >= 4 is 17.7 Å². The monoisotopic (exact) mass is 222 g/mol. The summed E-state index contributed by atoms with van der Waals surface area (Å²) < 4.78 is 0. The molecule has 0 heterocycles. The summed E-state index contributed by atoms with van der Waals surface area (Å²) in [6.45, 7) is 3.95. The van der Waals surface area contributed by atoms with Crippen molar-refractivity contribution in [1.82, 2.24) is 0 Å². The second-order valence-corrected chi connectivity index (χ2v) is 5.32. The molecule has 1 saturated carbocycles. The van der Waals surface area contributed by atoms with Crippen LogP contribution in [-0.4, -0.2) is 16.3 Å². The van der Waals surface area contributed by atoms with Gasteiger partial charge in [0.25, 0.3) is 0 Å². The first kappa shape index (κ1) is 10.6. The van der Waals surface area contributed by atoms with E-state index in [1.807, 2.05) is 31.7 Å². The lowest BCUT2D eigenvalue weighted by Crippen LogP contribution is -2.02. The molecule has 0 aliphatic heterocycles. The van der Waals surface area contributed by atoms with Gasteiger partial charge in [0.2, 0.25) is 0 Å². The lowest BCUT2D eigenvalue weighted by Gasteiger charge is -2.11. The van der Waals surface area contributed by atoms with E-state index in [4.69, 9.17) is 5.11 Å². The Morgan fingerprint density at radius 2 is 2.07 bits per heavy atom. The van der Waals surface area contributed by atoms with Crippen LogP contribution in [-0.2, 0) is 0 Å². The molecule has 1 aromatic rings. The molecular formula is C12H14O2S. The van der Waals surface area contributed by atoms with Crippen molar-refractivity contribution in [3.63, 3.8) is 0 Å². The number of carboxylic acid groups (broad SMARTS) is 1. The number of carbonyl (C=O) groups is 1. The number of thioether (sulfide) groups is 1. The van der Waals surface area contributed by atoms with E-state index in [0.717, 1.165) is 10.5 Å². The molecule has 1 aromatic carbocycles. The van der Waals surface area contributed by atoms with Crippen molar-refractivity contribution in [2.24, 2.45) is 0 Å². The van der Waals surface area contributed by atoms with Crippen LogP contribution in [0.3, 0.4) is 0 Å². The van der Waals surface area contributed by atoms with Gasteiger partial charge in [-0.15, -0.1) is 11.8 Å². The molecule has 1 fully saturated rings. The van der Waals surface area contributed by atoms with Crippen molar-refractivity contribution in [3.8, 4) is 0 Å². The van der Waals surface area contributed by atoms with E-state index >= 15 is 0 Å². The first-order valence-electron chi connectivity index (χ1n) is 5.09. The van der Waals surface area contributed by atoms with Crippen LogP contribution in [0.25, 0.3) is 0 Å². The summed E-state index contributed by atoms with van der Waals surface area (Å²) in [5, 5.41) is 9.74. The van der Waals surface area contributed by atoms with E-state index < -0.39 is 5.97 Å². The molecule has 0 aromatic heterocycles. The van der Waals surface area contributed by atoms with Crippen LogP contribution in [0.4, 0.5) is 0 Å². The van der Waals surface area contributed by atoms with Crippen LogP contribution in [0.15, 0.2) is 17.0 Å². The molecule has 2 nitrogen and oxygen atoms in total. The molecule has 1 N–H and O–H groups in total. The molecule has 0 spiro atoms. The van der Waals surface area contributed by atoms with Gasteiger partial charge < -0.3 is 5.11 Å². The molecule has 0 radical (unpaired) electrons. The van der Waals surface area contributed by atoms with E-state index in [1.54, 1.807) is 6.07 Å². The predicted octanol–water partition coefficient (Wildman–Crippen LogP) is 3.26. The number of carboxylic acids is 1. The zero-order valence-corrected chi connectivity index (χ0v) is 9.73. The zero-order chi connectivity index (χ0) is 11.0. The highest BCUT2D eigenvalue weighted by Gasteiger charge is 2.25. The highest BCUT2D eigenvalue weighted by atomic mass is 32.2. The van der Waals surface area contributed by atoms with Crippen molar-refractivity contribution in [3.05, 3.63) is 28.8 Å². The molecule has 0 unspecified atom stereocenters. The Labute approximate surface area is 93.7 Å². The van der Waals surface area contributed by atoms with Crippen LogP contribution in [0, 0.1) is 13.8 Å². The third kappa shape index (κ3) is 2.17. The molecule has 80 valence electrons. The number of aromatic carboxylic acids is 1. The molecule has 1 aliphatic carbocycles. The first-order chi connectivity index (χ1) is 7.09. The average Bonchev–Trinajstić information content (AvgIpc) is 2.95. The summed E-state index contributed by atoms with van der Waals surface area (Å²) in [5.41, 5.74) is 2.54. The van der Waals surface area contributed by atoms with Crippen molar-refractivity contribution in [1.29, 1.82) is 0 Å². The van der Waals surface area contributed by atoms with Crippen molar-refractivity contribution in [2.45, 2.75) is 36.8 Å². The first-order valence-corrected chi connectivity index (χ1v) is 5.97. The molecule has 1 aliphatic rings. The Bertz CT molecular complexity index is 408. The van der Waals surface area contributed by atoms with Gasteiger partial charge in [-0.1, -0.05) is 6.07 Å². The van der Waals surface area contributed by atoms with Gasteiger partial charge in [0.15, 0.2) is 0 Å². The van der Waals surface area contributed by atoms with Crippen LogP contribution in [0.1, 0.15) is 34.3 Å². The van der Waals surface area contributed by atoms with E-state index in [0.29, 0.717) is 10.8 Å². The minimum Gasteiger partial charge on any atom is -0.478 e. The Balaban J connectivity index is 2.40. The summed E-state index contributed by atoms with van der Waals surface area (Å²) >= 11 is 1.83. The minimum absolute atomic E-state index is 0.434. The SMILES string of the molecule is Cc1ccc(C(=O)O)c(C)c1SC1CC1. The lowest BCUT2D eigenvalue weighted by atomic mass is 10.1. The largest absolute Gasteiger partial charge is 0.478 e. The average molecular weight is 222 g/mol. The van der Waals surface area contributed by atoms with E-state index in [9.17, 15) is 4.79 Å². The highest BCUT2D eigenvalue weighted by molar-refractivity contribution is 8.00. The topological polar surface area (TPSA) is 37.3 Å². The maximum Gasteiger partial charge on any atom is 0.335 e. The van der Waals surface area contributed by atoms with Crippen molar-refractivity contribution < 1.29 is 9.90 Å². The van der Waals surface area contributed by atoms with Crippen LogP contribution in [0.2, 0.25) is 0 Å². The lowest BCUT2D eigenvalue weighted by molar-refractivity contribution is 0.0696. The molecule has 0 bridgehead atoms. The van der Waals surface area contributed by atoms with E-state index in [-0.39, 0.29) is 0 Å². The van der Waals surface area contributed by atoms with Gasteiger partial charge in [-0.3, -0.25) is 0 Å². The molecule has 15 heavy (non-hydrogen) atoms. The van der Waals surface area contributed by atoms with Crippen LogP contribution < -0.4 is 0 Å². The molecule has 0 atom stereocenters. The minimum atomic E-state index is -0.829. The maximum atomic E-state index is 11.0. The van der Waals surface area contributed by atoms with Crippen LogP contribution in [0.5, 0.6) is 0 Å². The quantitative estimate of drug-likeness (QED) is 0.853. The molecule has 0 saturated heterocycles. The number of aryl methyl sites for hydroxylation is 1. The molecule has 0 amide bonds. The van der Waals surface area contributed by atoms with Crippen molar-refractivity contribution in [2.75, 3.05) is 0 Å². The Morgan fingerprint density at radius 1 is 1.40 bits per heavy atom. The van der Waals surface area contributed by atoms with Gasteiger partial charge in [0, 0.05) is 10.1 Å². The fourth-order valence-electron chi connectivity index (χ4n) is 1.59. The smallest absolute Gasteiger partial charge is 0.335 e. The standard InChI is InChI=1S/C12H14O2S/c1-7-3-6-10(12(13)14)8(2)11(7)15-9-4-5-9/h3,6,9H,4-5H2,1-2H3,(H,13,14). The van der Waals surface area contributed by atoms with Gasteiger partial charge in [-0.2, -0.15) is 0 Å². The van der Waals surface area contributed by atoms with Gasteiger partial charge in [0.05, 0.1) is 5.56 Å². The third-order valence-corrected chi connectivity index (χ3v) is 4.31. The molecule has 3 heteroatoms. The summed E-state index contributed by atoms with van der Waals surface area (Å²) in [7, 11) is 0. The fraction of sp³-hybridized carbons (Fsp3) is 0.417. The van der Waals surface area contributed by atoms with E-state index in [1.165, 1.54) is 18.4 Å². The van der Waals surface area contributed by atoms with Gasteiger partial charge in [-0.05, 0) is 43.9 Å². The second-order valence-electron chi connectivity index (χ2n) is 4.01. The number of hydrogen-bond acceptors (Lipinski definition) is 2. The van der Waals surface area contributed by atoms with Crippen LogP contribution >= 0.6 is 11.8 Å². The number of benzene rings is 1. The van der Waals surface area contributed by atoms with Gasteiger partial charge in [0.1, 0.15) is 0 Å². The Morgan fingerprint density at radius 3 is 2.60 bits per heavy atom. The summed E-state index contributed by atoms with van der Waals surface area (Å²) in [6, 6.07) is 3.60. The summed E-state index contributed by atoms with van der Waals surface area (Å²) in [6.07, 6.45) is 2.53. The second kappa shape index (κ2) is 3.89. The zero-order valence-electron chi connectivity index (χ0n) is 8.91. The number of hydrogen-bond donors (Lipinski definition) is 1. The fourth-order valence-corrected chi connectivity index (χ4v) is 2.84. The van der Waals surface area contributed by atoms with Gasteiger partial charge >= 0.3 is 5.97 Å². The Hall–Kier alpha value is -0.960. The molecule has 2 rings (SSSR count). The van der Waals surface area contributed by atoms with E-state index in [2.05, 4.69) is 0 Å².